The van der Waals surface area contributed by atoms with E-state index in [0.717, 1.165) is 0 Å². The number of nitrogens with zero attached hydrogens (tertiary/aromatic N) is 2. The Hall–Kier alpha value is -3.10. The van der Waals surface area contributed by atoms with Crippen molar-refractivity contribution in [3.8, 4) is 5.75 Å². The van der Waals surface area contributed by atoms with Crippen LogP contribution in [-0.4, -0.2) is 41.6 Å². The second-order valence-electron chi connectivity index (χ2n) is 6.90. The van der Waals surface area contributed by atoms with Crippen LogP contribution >= 0.6 is 11.6 Å². The van der Waals surface area contributed by atoms with Gasteiger partial charge in [0.05, 0.1) is 34.4 Å². The van der Waals surface area contributed by atoms with Crippen molar-refractivity contribution >= 4 is 34.3 Å². The molecule has 2 aromatic carbocycles. The van der Waals surface area contributed by atoms with Gasteiger partial charge in [0, 0.05) is 27.1 Å². The summed E-state index contributed by atoms with van der Waals surface area (Å²) in [5.74, 6) is -0.912. The number of anilines is 1. The smallest absolute Gasteiger partial charge is 0.449 e. The first-order valence-corrected chi connectivity index (χ1v) is 9.42. The van der Waals surface area contributed by atoms with Crippen LogP contribution in [0.25, 0.3) is 10.9 Å². The highest BCUT2D eigenvalue weighted by atomic mass is 35.5. The lowest BCUT2D eigenvalue weighted by atomic mass is 10.0. The van der Waals surface area contributed by atoms with E-state index in [0.29, 0.717) is 22.3 Å². The Labute approximate surface area is 176 Å². The number of aliphatic hydroxyl groups excluding tert-OH is 1. The van der Waals surface area contributed by atoms with Crippen molar-refractivity contribution in [2.45, 2.75) is 13.0 Å². The summed E-state index contributed by atoms with van der Waals surface area (Å²) in [6, 6.07) is 8.09. The van der Waals surface area contributed by atoms with Gasteiger partial charge < -0.3 is 24.4 Å². The minimum absolute atomic E-state index is 0.00330. The normalized spacial score (nSPS) is 11.0. The van der Waals surface area contributed by atoms with Gasteiger partial charge in [0.15, 0.2) is 5.75 Å². The molecule has 2 N–H and O–H groups in total. The molecule has 30 heavy (non-hydrogen) atoms. The lowest BCUT2D eigenvalue weighted by Gasteiger charge is -2.21. The van der Waals surface area contributed by atoms with Crippen molar-refractivity contribution in [3.05, 3.63) is 68.7 Å². The van der Waals surface area contributed by atoms with Gasteiger partial charge in [-0.05, 0) is 29.3 Å². The van der Waals surface area contributed by atoms with Gasteiger partial charge in [-0.15, -0.1) is 0 Å². The molecule has 0 aliphatic heterocycles. The van der Waals surface area contributed by atoms with Crippen molar-refractivity contribution in [2.24, 2.45) is 0 Å². The van der Waals surface area contributed by atoms with Gasteiger partial charge in [0.2, 0.25) is 5.43 Å². The average Bonchev–Trinajstić information content (AvgIpc) is 2.68. The summed E-state index contributed by atoms with van der Waals surface area (Å²) in [5, 5.41) is 18.6. The highest BCUT2D eigenvalue weighted by molar-refractivity contribution is 6.30. The molecule has 158 valence electrons. The van der Waals surface area contributed by atoms with E-state index < -0.39 is 17.4 Å². The zero-order chi connectivity index (χ0) is 22.0. The molecule has 0 spiro atoms. The van der Waals surface area contributed by atoms with Crippen molar-refractivity contribution < 1.29 is 24.1 Å². The largest absolute Gasteiger partial charge is 0.511 e. The maximum atomic E-state index is 14.4. The standard InChI is InChI=1S/C21H20ClFN2O5/c1-24(2)16-10-12(8-13-4-3-5-15(22)18(13)23)9-14-19(16)25(6-7-26)11-17(20(14)27)30-21(28)29/h3-5,9-11,26H,6-8H2,1-2H3,(H,28,29). The molecule has 0 saturated heterocycles. The summed E-state index contributed by atoms with van der Waals surface area (Å²) in [5.41, 5.74) is 1.54. The Kier molecular flexibility index (Phi) is 6.28. The van der Waals surface area contributed by atoms with Crippen LogP contribution in [0, 0.1) is 5.82 Å². The maximum Gasteiger partial charge on any atom is 0.511 e. The molecule has 3 aromatic rings. The van der Waals surface area contributed by atoms with Gasteiger partial charge in [0.25, 0.3) is 0 Å². The van der Waals surface area contributed by atoms with Crippen LogP contribution in [0.1, 0.15) is 11.1 Å². The van der Waals surface area contributed by atoms with E-state index in [1.165, 1.54) is 12.3 Å². The van der Waals surface area contributed by atoms with E-state index in [1.807, 2.05) is 6.07 Å². The van der Waals surface area contributed by atoms with E-state index in [-0.39, 0.29) is 35.7 Å². The van der Waals surface area contributed by atoms with Gasteiger partial charge in [-0.3, -0.25) is 4.79 Å². The molecule has 7 nitrogen and oxygen atoms in total. The third-order valence-corrected chi connectivity index (χ3v) is 4.92. The van der Waals surface area contributed by atoms with E-state index in [2.05, 4.69) is 4.74 Å². The zero-order valence-electron chi connectivity index (χ0n) is 16.4. The van der Waals surface area contributed by atoms with Crippen LogP contribution in [0.15, 0.2) is 41.3 Å². The molecule has 0 radical (unpaired) electrons. The Morgan fingerprint density at radius 3 is 2.67 bits per heavy atom. The number of hydrogen-bond donors (Lipinski definition) is 2. The highest BCUT2D eigenvalue weighted by Gasteiger charge is 2.18. The van der Waals surface area contributed by atoms with Crippen molar-refractivity contribution in [2.75, 3.05) is 25.6 Å². The SMILES string of the molecule is CN(C)c1cc(Cc2cccc(Cl)c2F)cc2c(=O)c(OC(=O)O)cn(CCO)c12. The van der Waals surface area contributed by atoms with E-state index in [1.54, 1.807) is 41.8 Å². The summed E-state index contributed by atoms with van der Waals surface area (Å²) < 4.78 is 20.6. The van der Waals surface area contributed by atoms with Gasteiger partial charge >= 0.3 is 6.16 Å². The fourth-order valence-corrected chi connectivity index (χ4v) is 3.54. The minimum atomic E-state index is -1.62. The Morgan fingerprint density at radius 1 is 1.30 bits per heavy atom. The molecule has 1 heterocycles. The predicted molar refractivity (Wildman–Crippen MR) is 112 cm³/mol. The van der Waals surface area contributed by atoms with Gasteiger partial charge in [-0.2, -0.15) is 0 Å². The molecule has 0 atom stereocenters. The van der Waals surface area contributed by atoms with E-state index in [4.69, 9.17) is 16.7 Å². The molecule has 0 fully saturated rings. The van der Waals surface area contributed by atoms with E-state index >= 15 is 0 Å². The predicted octanol–water partition coefficient (Wildman–Crippen LogP) is 3.50. The molecule has 3 rings (SSSR count). The Balaban J connectivity index is 2.28. The lowest BCUT2D eigenvalue weighted by Crippen LogP contribution is -2.20. The van der Waals surface area contributed by atoms with Crippen LogP contribution in [0.3, 0.4) is 0 Å². The maximum absolute atomic E-state index is 14.4. The number of benzene rings is 2. The molecule has 9 heteroatoms. The Morgan fingerprint density at radius 2 is 2.03 bits per heavy atom. The topological polar surface area (TPSA) is 92.0 Å². The minimum Gasteiger partial charge on any atom is -0.449 e. The third kappa shape index (κ3) is 4.24. The second kappa shape index (κ2) is 8.73. The van der Waals surface area contributed by atoms with Crippen molar-refractivity contribution in [1.82, 2.24) is 4.57 Å². The van der Waals surface area contributed by atoms with Crippen LogP contribution in [0.2, 0.25) is 5.02 Å². The molecular formula is C21H20ClFN2O5. The number of aliphatic hydroxyl groups is 1. The Bertz CT molecular complexity index is 1180. The first-order chi connectivity index (χ1) is 14.2. The number of pyridine rings is 1. The fraction of sp³-hybridized carbons (Fsp3) is 0.238. The van der Waals surface area contributed by atoms with E-state index in [9.17, 15) is 19.1 Å². The molecule has 1 aromatic heterocycles. The zero-order valence-corrected chi connectivity index (χ0v) is 17.1. The van der Waals surface area contributed by atoms with Crippen LogP contribution in [-0.2, 0) is 13.0 Å². The van der Waals surface area contributed by atoms with Gasteiger partial charge in [-0.1, -0.05) is 23.7 Å². The number of hydrogen-bond acceptors (Lipinski definition) is 5. The summed E-state index contributed by atoms with van der Waals surface area (Å²) in [4.78, 5) is 25.7. The van der Waals surface area contributed by atoms with Crippen molar-refractivity contribution in [1.29, 1.82) is 0 Å². The molecule has 0 aliphatic rings. The summed E-state index contributed by atoms with van der Waals surface area (Å²) in [6.07, 6.45) is -0.183. The summed E-state index contributed by atoms with van der Waals surface area (Å²) >= 11 is 5.87. The molecule has 0 bridgehead atoms. The summed E-state index contributed by atoms with van der Waals surface area (Å²) in [6.45, 7) is -0.108. The third-order valence-electron chi connectivity index (χ3n) is 4.62. The number of aromatic nitrogens is 1. The second-order valence-corrected chi connectivity index (χ2v) is 7.31. The number of halogens is 2. The van der Waals surface area contributed by atoms with Crippen molar-refractivity contribution in [3.63, 3.8) is 0 Å². The lowest BCUT2D eigenvalue weighted by molar-refractivity contribution is 0.143. The number of fused-ring (bicyclic) bond motifs is 1. The fourth-order valence-electron chi connectivity index (χ4n) is 3.35. The number of ether oxygens (including phenoxy) is 1. The number of carboxylic acid groups (broad SMARTS) is 1. The highest BCUT2D eigenvalue weighted by Crippen LogP contribution is 2.30. The molecular weight excluding hydrogens is 415 g/mol. The molecule has 0 amide bonds. The first-order valence-electron chi connectivity index (χ1n) is 9.04. The molecule has 0 aliphatic carbocycles. The first kappa shape index (κ1) is 21.6. The van der Waals surface area contributed by atoms with Crippen LogP contribution in [0.5, 0.6) is 5.75 Å². The monoisotopic (exact) mass is 434 g/mol. The average molecular weight is 435 g/mol. The van der Waals surface area contributed by atoms with Gasteiger partial charge in [0.1, 0.15) is 5.82 Å². The molecule has 0 unspecified atom stereocenters. The number of rotatable bonds is 6. The summed E-state index contributed by atoms with van der Waals surface area (Å²) in [7, 11) is 3.57. The quantitative estimate of drug-likeness (QED) is 0.577. The van der Waals surface area contributed by atoms with Gasteiger partial charge in [-0.25, -0.2) is 9.18 Å². The van der Waals surface area contributed by atoms with Crippen LogP contribution < -0.4 is 15.1 Å². The number of carbonyl (C=O) groups is 1. The van der Waals surface area contributed by atoms with Crippen LogP contribution in [0.4, 0.5) is 14.9 Å². The molecule has 0 saturated carbocycles.